The minimum Gasteiger partial charge on any atom is -0.491 e. The summed E-state index contributed by atoms with van der Waals surface area (Å²) >= 11 is 0. The summed E-state index contributed by atoms with van der Waals surface area (Å²) in [6, 6.07) is 9.01. The molecule has 0 radical (unpaired) electrons. The van der Waals surface area contributed by atoms with Gasteiger partial charge < -0.3 is 14.4 Å². The van der Waals surface area contributed by atoms with Crippen LogP contribution in [0.15, 0.2) is 24.3 Å². The Morgan fingerprint density at radius 3 is 2.14 bits per heavy atom. The van der Waals surface area contributed by atoms with Crippen molar-refractivity contribution in [1.82, 2.24) is 4.90 Å². The molecule has 0 spiro atoms. The van der Waals surface area contributed by atoms with Crippen LogP contribution in [0, 0.1) is 0 Å². The van der Waals surface area contributed by atoms with E-state index in [-0.39, 0.29) is 18.0 Å². The van der Waals surface area contributed by atoms with Crippen molar-refractivity contribution in [2.24, 2.45) is 0 Å². The van der Waals surface area contributed by atoms with E-state index in [0.29, 0.717) is 19.3 Å². The largest absolute Gasteiger partial charge is 0.491 e. The Balaban J connectivity index is 0.00000441. The highest BCUT2D eigenvalue weighted by Gasteiger charge is 2.09. The van der Waals surface area contributed by atoms with E-state index in [1.165, 1.54) is 12.0 Å². The molecule has 1 unspecified atom stereocenters. The zero-order chi connectivity index (χ0) is 15.9. The van der Waals surface area contributed by atoms with Crippen LogP contribution in [0.25, 0.3) is 0 Å². The molecule has 0 bridgehead atoms. The lowest BCUT2D eigenvalue weighted by Crippen LogP contribution is -2.24. The van der Waals surface area contributed by atoms with Gasteiger partial charge in [-0.3, -0.25) is 0 Å². The Kier molecular flexibility index (Phi) is 9.74. The number of ether oxygens (including phenoxy) is 2. The van der Waals surface area contributed by atoms with Gasteiger partial charge in [-0.2, -0.15) is 0 Å². The number of rotatable bonds is 8. The smallest absolute Gasteiger partial charge is 0.119 e. The summed E-state index contributed by atoms with van der Waals surface area (Å²) < 4.78 is 11.3. The lowest BCUT2D eigenvalue weighted by molar-refractivity contribution is -0.0163. The maximum atomic E-state index is 5.69. The van der Waals surface area contributed by atoms with Crippen LogP contribution in [0.1, 0.15) is 39.7 Å². The molecule has 0 saturated heterocycles. The fourth-order valence-electron chi connectivity index (χ4n) is 1.89. The van der Waals surface area contributed by atoms with Gasteiger partial charge in [0.25, 0.3) is 0 Å². The maximum absolute atomic E-state index is 5.69. The SMILES string of the molecule is CC(CCc1ccc(OCCOC(C)(C)C)cc1)N(C)C.Cl. The summed E-state index contributed by atoms with van der Waals surface area (Å²) in [6.07, 6.45) is 2.28. The first-order valence-electron chi connectivity index (χ1n) is 7.80. The van der Waals surface area contributed by atoms with Gasteiger partial charge in [-0.05, 0) is 72.3 Å². The van der Waals surface area contributed by atoms with E-state index in [4.69, 9.17) is 9.47 Å². The van der Waals surface area contributed by atoms with E-state index in [2.05, 4.69) is 58.8 Å². The Morgan fingerprint density at radius 2 is 1.64 bits per heavy atom. The van der Waals surface area contributed by atoms with Crippen molar-refractivity contribution < 1.29 is 9.47 Å². The van der Waals surface area contributed by atoms with E-state index in [1.807, 2.05) is 12.1 Å². The van der Waals surface area contributed by atoms with Gasteiger partial charge in [0.1, 0.15) is 12.4 Å². The Hall–Kier alpha value is -0.770. The number of benzene rings is 1. The quantitative estimate of drug-likeness (QED) is 0.668. The average Bonchev–Trinajstić information content (AvgIpc) is 2.41. The van der Waals surface area contributed by atoms with Crippen molar-refractivity contribution in [3.8, 4) is 5.75 Å². The van der Waals surface area contributed by atoms with Crippen LogP contribution in [0.5, 0.6) is 5.75 Å². The van der Waals surface area contributed by atoms with Crippen molar-refractivity contribution in [3.63, 3.8) is 0 Å². The van der Waals surface area contributed by atoms with Gasteiger partial charge in [-0.25, -0.2) is 0 Å². The summed E-state index contributed by atoms with van der Waals surface area (Å²) in [5.74, 6) is 0.914. The van der Waals surface area contributed by atoms with Crippen LogP contribution in [-0.2, 0) is 11.2 Å². The van der Waals surface area contributed by atoms with E-state index in [9.17, 15) is 0 Å². The van der Waals surface area contributed by atoms with E-state index >= 15 is 0 Å². The van der Waals surface area contributed by atoms with Crippen LogP contribution in [0.4, 0.5) is 0 Å². The summed E-state index contributed by atoms with van der Waals surface area (Å²) in [5, 5.41) is 0. The van der Waals surface area contributed by atoms with Crippen LogP contribution >= 0.6 is 12.4 Å². The number of aryl methyl sites for hydroxylation is 1. The molecule has 4 heteroatoms. The molecule has 0 heterocycles. The molecule has 0 saturated carbocycles. The summed E-state index contributed by atoms with van der Waals surface area (Å²) in [4.78, 5) is 2.26. The molecular weight excluding hydrogens is 298 g/mol. The number of nitrogens with zero attached hydrogens (tertiary/aromatic N) is 1. The van der Waals surface area contributed by atoms with Gasteiger partial charge in [0, 0.05) is 6.04 Å². The molecule has 128 valence electrons. The number of hydrogen-bond donors (Lipinski definition) is 0. The van der Waals surface area contributed by atoms with Gasteiger partial charge in [-0.15, -0.1) is 12.4 Å². The highest BCUT2D eigenvalue weighted by molar-refractivity contribution is 5.85. The lowest BCUT2D eigenvalue weighted by atomic mass is 10.1. The van der Waals surface area contributed by atoms with Gasteiger partial charge in [-0.1, -0.05) is 12.1 Å². The second kappa shape index (κ2) is 10.1. The molecule has 0 N–H and O–H groups in total. The topological polar surface area (TPSA) is 21.7 Å². The van der Waals surface area contributed by atoms with E-state index in [1.54, 1.807) is 0 Å². The molecule has 1 atom stereocenters. The zero-order valence-electron chi connectivity index (χ0n) is 14.9. The minimum atomic E-state index is -0.101. The van der Waals surface area contributed by atoms with Crippen molar-refractivity contribution in [2.75, 3.05) is 27.3 Å². The fourth-order valence-corrected chi connectivity index (χ4v) is 1.89. The molecule has 1 aromatic rings. The van der Waals surface area contributed by atoms with Crippen molar-refractivity contribution in [3.05, 3.63) is 29.8 Å². The highest BCUT2D eigenvalue weighted by atomic mass is 35.5. The van der Waals surface area contributed by atoms with Crippen LogP contribution in [0.3, 0.4) is 0 Å². The minimum absolute atomic E-state index is 0. The van der Waals surface area contributed by atoms with Gasteiger partial charge in [0.05, 0.1) is 12.2 Å². The van der Waals surface area contributed by atoms with Crippen LogP contribution < -0.4 is 4.74 Å². The Bertz CT molecular complexity index is 399. The monoisotopic (exact) mass is 329 g/mol. The molecule has 0 fully saturated rings. The van der Waals surface area contributed by atoms with Gasteiger partial charge in [0.15, 0.2) is 0 Å². The van der Waals surface area contributed by atoms with Crippen molar-refractivity contribution in [1.29, 1.82) is 0 Å². The zero-order valence-corrected chi connectivity index (χ0v) is 15.7. The summed E-state index contributed by atoms with van der Waals surface area (Å²) in [5.41, 5.74) is 1.26. The molecule has 0 aliphatic heterocycles. The normalized spacial score (nSPS) is 12.9. The molecule has 1 aromatic carbocycles. The summed E-state index contributed by atoms with van der Waals surface area (Å²) in [6.45, 7) is 9.62. The van der Waals surface area contributed by atoms with Crippen LogP contribution in [-0.4, -0.2) is 43.9 Å². The third-order valence-corrected chi connectivity index (χ3v) is 3.54. The molecule has 0 aliphatic carbocycles. The second-order valence-corrected chi connectivity index (χ2v) is 6.80. The molecule has 0 aliphatic rings. The third-order valence-electron chi connectivity index (χ3n) is 3.54. The first kappa shape index (κ1) is 21.2. The summed E-state index contributed by atoms with van der Waals surface area (Å²) in [7, 11) is 4.25. The maximum Gasteiger partial charge on any atom is 0.119 e. The Morgan fingerprint density at radius 1 is 1.05 bits per heavy atom. The molecule has 22 heavy (non-hydrogen) atoms. The molecular formula is C18H32ClNO2. The van der Waals surface area contributed by atoms with Gasteiger partial charge >= 0.3 is 0 Å². The van der Waals surface area contributed by atoms with Gasteiger partial charge in [0.2, 0.25) is 0 Å². The average molecular weight is 330 g/mol. The molecule has 3 nitrogen and oxygen atoms in total. The third kappa shape index (κ3) is 9.29. The fraction of sp³-hybridized carbons (Fsp3) is 0.667. The van der Waals surface area contributed by atoms with E-state index in [0.717, 1.165) is 12.2 Å². The second-order valence-electron chi connectivity index (χ2n) is 6.80. The lowest BCUT2D eigenvalue weighted by Gasteiger charge is -2.20. The van der Waals surface area contributed by atoms with Crippen LogP contribution in [0.2, 0.25) is 0 Å². The first-order chi connectivity index (χ1) is 9.78. The van der Waals surface area contributed by atoms with E-state index < -0.39 is 0 Å². The molecule has 1 rings (SSSR count). The highest BCUT2D eigenvalue weighted by Crippen LogP contribution is 2.15. The molecule has 0 amide bonds. The first-order valence-corrected chi connectivity index (χ1v) is 7.80. The Labute approximate surface area is 142 Å². The number of hydrogen-bond acceptors (Lipinski definition) is 3. The standard InChI is InChI=1S/C18H31NO2.ClH/c1-15(19(5)6)7-8-16-9-11-17(12-10-16)20-13-14-21-18(2,3)4;/h9-12,15H,7-8,13-14H2,1-6H3;1H. The predicted octanol–water partition coefficient (Wildman–Crippen LogP) is 4.19. The predicted molar refractivity (Wildman–Crippen MR) is 96.4 cm³/mol. The van der Waals surface area contributed by atoms with Crippen molar-refractivity contribution in [2.45, 2.75) is 52.2 Å². The number of halogens is 1. The van der Waals surface area contributed by atoms with Crippen molar-refractivity contribution >= 4 is 12.4 Å². The molecule has 0 aromatic heterocycles.